The molecule has 31 heavy (non-hydrogen) atoms. The van der Waals surface area contributed by atoms with Crippen LogP contribution in [0.1, 0.15) is 18.3 Å². The van der Waals surface area contributed by atoms with Gasteiger partial charge in [-0.3, -0.25) is 9.48 Å². The minimum atomic E-state index is -4.73. The topological polar surface area (TPSA) is 76.6 Å². The molecule has 1 aliphatic heterocycles. The lowest BCUT2D eigenvalue weighted by atomic mass is 10.1. The van der Waals surface area contributed by atoms with Crippen LogP contribution in [0.5, 0.6) is 5.75 Å². The summed E-state index contributed by atoms with van der Waals surface area (Å²) in [6.45, 7) is 2.70. The van der Waals surface area contributed by atoms with Crippen molar-refractivity contribution in [3.63, 3.8) is 0 Å². The maximum absolute atomic E-state index is 13.1. The average molecular weight is 480 g/mol. The summed E-state index contributed by atoms with van der Waals surface area (Å²) < 4.78 is 45.5. The second-order valence-electron chi connectivity index (χ2n) is 7.17. The number of ether oxygens (including phenoxy) is 1. The Kier molecular flexibility index (Phi) is 6.92. The Labute approximate surface area is 187 Å². The molecular formula is C19H22Cl2F3N5O2. The summed E-state index contributed by atoms with van der Waals surface area (Å²) in [6.07, 6.45) is -4.73. The number of benzene rings is 1. The van der Waals surface area contributed by atoms with Crippen LogP contribution < -0.4 is 15.4 Å². The van der Waals surface area contributed by atoms with E-state index in [0.29, 0.717) is 30.4 Å². The van der Waals surface area contributed by atoms with Crippen LogP contribution in [0.2, 0.25) is 10.0 Å². The molecule has 0 aliphatic carbocycles. The standard InChI is InChI=1S/C19H22Cl2F3N5O2/c1-11-9-27(12-3-4-13(20)15(7-12)31-2)5-6-28(11)16(30)10-29-14(8-25)17(21)18(26-29)19(22,23)24/h3-4,7,11H,5-6,8-10,25H2,1-2H3. The first-order valence-electron chi connectivity index (χ1n) is 9.47. The van der Waals surface area contributed by atoms with Gasteiger partial charge in [-0.05, 0) is 19.1 Å². The molecule has 1 aromatic heterocycles. The van der Waals surface area contributed by atoms with Gasteiger partial charge in [0.05, 0.1) is 22.8 Å². The molecule has 1 fully saturated rings. The smallest absolute Gasteiger partial charge is 0.436 e. The molecule has 1 unspecified atom stereocenters. The van der Waals surface area contributed by atoms with E-state index in [0.717, 1.165) is 10.4 Å². The number of hydrogen-bond donors (Lipinski definition) is 1. The van der Waals surface area contributed by atoms with Gasteiger partial charge in [0.25, 0.3) is 0 Å². The van der Waals surface area contributed by atoms with Crippen molar-refractivity contribution >= 4 is 34.8 Å². The molecule has 1 aromatic carbocycles. The zero-order valence-corrected chi connectivity index (χ0v) is 18.4. The number of piperazine rings is 1. The summed E-state index contributed by atoms with van der Waals surface area (Å²) in [6, 6.07) is 5.25. The van der Waals surface area contributed by atoms with E-state index in [1.165, 1.54) is 7.11 Å². The van der Waals surface area contributed by atoms with Crippen molar-refractivity contribution in [2.45, 2.75) is 32.2 Å². The first-order valence-corrected chi connectivity index (χ1v) is 10.2. The Hall–Kier alpha value is -2.17. The number of rotatable bonds is 5. The molecule has 0 bridgehead atoms. The van der Waals surface area contributed by atoms with Crippen molar-refractivity contribution in [2.24, 2.45) is 5.73 Å². The Morgan fingerprint density at radius 1 is 1.32 bits per heavy atom. The Morgan fingerprint density at radius 2 is 2.03 bits per heavy atom. The zero-order chi connectivity index (χ0) is 22.9. The van der Waals surface area contributed by atoms with E-state index in [2.05, 4.69) is 10.00 Å². The average Bonchev–Trinajstić information content (AvgIpc) is 3.03. The highest BCUT2D eigenvalue weighted by Crippen LogP contribution is 2.35. The number of nitrogens with two attached hydrogens (primary N) is 1. The van der Waals surface area contributed by atoms with E-state index in [9.17, 15) is 18.0 Å². The molecular weight excluding hydrogens is 458 g/mol. The number of halogens is 5. The van der Waals surface area contributed by atoms with Gasteiger partial charge in [-0.15, -0.1) is 0 Å². The van der Waals surface area contributed by atoms with Gasteiger partial charge in [-0.25, -0.2) is 0 Å². The summed E-state index contributed by atoms with van der Waals surface area (Å²) in [5.41, 5.74) is 5.18. The summed E-state index contributed by atoms with van der Waals surface area (Å²) in [5.74, 6) is 0.194. The molecule has 0 saturated carbocycles. The number of nitrogens with zero attached hydrogens (tertiary/aromatic N) is 4. The molecule has 0 spiro atoms. The second-order valence-corrected chi connectivity index (χ2v) is 7.95. The molecule has 3 rings (SSSR count). The first-order chi connectivity index (χ1) is 14.6. The maximum Gasteiger partial charge on any atom is 0.436 e. The molecule has 1 atom stereocenters. The van der Waals surface area contributed by atoms with E-state index >= 15 is 0 Å². The van der Waals surface area contributed by atoms with Gasteiger partial charge in [0, 0.05) is 44.0 Å². The lowest BCUT2D eigenvalue weighted by molar-refractivity contribution is -0.142. The lowest BCUT2D eigenvalue weighted by Gasteiger charge is -2.41. The van der Waals surface area contributed by atoms with E-state index in [-0.39, 0.29) is 30.7 Å². The highest BCUT2D eigenvalue weighted by Gasteiger charge is 2.39. The highest BCUT2D eigenvalue weighted by molar-refractivity contribution is 6.32. The molecule has 2 N–H and O–H groups in total. The van der Waals surface area contributed by atoms with Crippen LogP contribution in [0.4, 0.5) is 18.9 Å². The van der Waals surface area contributed by atoms with Crippen molar-refractivity contribution in [1.82, 2.24) is 14.7 Å². The third-order valence-electron chi connectivity index (χ3n) is 5.19. The number of carbonyl (C=O) groups excluding carboxylic acids is 1. The van der Waals surface area contributed by atoms with Gasteiger partial charge in [-0.1, -0.05) is 23.2 Å². The van der Waals surface area contributed by atoms with Gasteiger partial charge in [0.2, 0.25) is 5.91 Å². The van der Waals surface area contributed by atoms with Crippen LogP contribution in [0.25, 0.3) is 0 Å². The molecule has 0 radical (unpaired) electrons. The van der Waals surface area contributed by atoms with E-state index in [1.54, 1.807) is 11.0 Å². The van der Waals surface area contributed by atoms with Gasteiger partial charge < -0.3 is 20.3 Å². The van der Waals surface area contributed by atoms with Crippen molar-refractivity contribution in [3.8, 4) is 5.75 Å². The molecule has 12 heteroatoms. The fraction of sp³-hybridized carbons (Fsp3) is 0.474. The molecule has 1 saturated heterocycles. The van der Waals surface area contributed by atoms with Gasteiger partial charge >= 0.3 is 6.18 Å². The van der Waals surface area contributed by atoms with Crippen LogP contribution in [-0.4, -0.2) is 53.4 Å². The van der Waals surface area contributed by atoms with Crippen LogP contribution in [0, 0.1) is 0 Å². The first kappa shape index (κ1) is 23.5. The van der Waals surface area contributed by atoms with Crippen LogP contribution in [0.3, 0.4) is 0 Å². The molecule has 2 heterocycles. The second kappa shape index (κ2) is 9.13. The third-order valence-corrected chi connectivity index (χ3v) is 5.90. The molecule has 170 valence electrons. The predicted octanol–water partition coefficient (Wildman–Crippen LogP) is 3.41. The third kappa shape index (κ3) is 4.86. The number of amides is 1. The largest absolute Gasteiger partial charge is 0.495 e. The maximum atomic E-state index is 13.1. The van der Waals surface area contributed by atoms with Crippen molar-refractivity contribution in [1.29, 1.82) is 0 Å². The normalized spacial score (nSPS) is 17.2. The summed E-state index contributed by atoms with van der Waals surface area (Å²) in [5, 5.41) is 3.43. The fourth-order valence-corrected chi connectivity index (χ4v) is 4.12. The van der Waals surface area contributed by atoms with Crippen molar-refractivity contribution < 1.29 is 22.7 Å². The van der Waals surface area contributed by atoms with Crippen molar-refractivity contribution in [2.75, 3.05) is 31.6 Å². The number of methoxy groups -OCH3 is 1. The SMILES string of the molecule is COc1cc(N2CCN(C(=O)Cn3nc(C(F)(F)F)c(Cl)c3CN)C(C)C2)ccc1Cl. The summed E-state index contributed by atoms with van der Waals surface area (Å²) in [7, 11) is 1.53. The number of hydrogen-bond acceptors (Lipinski definition) is 5. The quantitative estimate of drug-likeness (QED) is 0.710. The molecule has 1 aliphatic rings. The zero-order valence-electron chi connectivity index (χ0n) is 16.9. The van der Waals surface area contributed by atoms with Crippen LogP contribution >= 0.6 is 23.2 Å². The van der Waals surface area contributed by atoms with Gasteiger partial charge in [0.15, 0.2) is 5.69 Å². The number of carbonyl (C=O) groups is 1. The van der Waals surface area contributed by atoms with Crippen LogP contribution in [-0.2, 0) is 24.1 Å². The Bertz CT molecular complexity index is 967. The number of anilines is 1. The van der Waals surface area contributed by atoms with Crippen LogP contribution in [0.15, 0.2) is 18.2 Å². The minimum absolute atomic E-state index is 0.0260. The van der Waals surface area contributed by atoms with E-state index in [1.807, 2.05) is 19.1 Å². The van der Waals surface area contributed by atoms with E-state index in [4.69, 9.17) is 33.7 Å². The lowest BCUT2D eigenvalue weighted by Crippen LogP contribution is -2.55. The monoisotopic (exact) mass is 479 g/mol. The Balaban J connectivity index is 1.72. The Morgan fingerprint density at radius 3 is 2.61 bits per heavy atom. The highest BCUT2D eigenvalue weighted by atomic mass is 35.5. The van der Waals surface area contributed by atoms with Crippen molar-refractivity contribution in [3.05, 3.63) is 39.6 Å². The molecule has 2 aromatic rings. The minimum Gasteiger partial charge on any atom is -0.495 e. The molecule has 7 nitrogen and oxygen atoms in total. The number of alkyl halides is 3. The number of aromatic nitrogens is 2. The fourth-order valence-electron chi connectivity index (χ4n) is 3.61. The molecule has 1 amide bonds. The summed E-state index contributed by atoms with van der Waals surface area (Å²) in [4.78, 5) is 16.6. The predicted molar refractivity (Wildman–Crippen MR) is 112 cm³/mol. The van der Waals surface area contributed by atoms with Gasteiger partial charge in [0.1, 0.15) is 12.3 Å². The summed E-state index contributed by atoms with van der Waals surface area (Å²) >= 11 is 11.9. The van der Waals surface area contributed by atoms with E-state index < -0.39 is 16.9 Å². The van der Waals surface area contributed by atoms with Gasteiger partial charge in [-0.2, -0.15) is 18.3 Å².